The van der Waals surface area contributed by atoms with Crippen LogP contribution in [-0.4, -0.2) is 11.6 Å². The Hall–Kier alpha value is -0.660. The quantitative estimate of drug-likeness (QED) is 0.725. The van der Waals surface area contributed by atoms with Crippen LogP contribution in [0, 0.1) is 45.3 Å². The van der Waals surface area contributed by atoms with Crippen LogP contribution in [0.3, 0.4) is 0 Å². The Labute approximate surface area is 147 Å². The molecule has 0 heterocycles. The third-order valence-corrected chi connectivity index (χ3v) is 10.1. The zero-order valence-electron chi connectivity index (χ0n) is 16.4. The fraction of sp³-hybridized carbons (Fsp3) is 0.909. The zero-order chi connectivity index (χ0) is 17.7. The van der Waals surface area contributed by atoms with Crippen LogP contribution < -0.4 is 0 Å². The van der Waals surface area contributed by atoms with Crippen LogP contribution in [0.4, 0.5) is 0 Å². The van der Waals surface area contributed by atoms with Crippen molar-refractivity contribution in [3.8, 4) is 0 Å². The molecular formula is C22H34O2. The lowest BCUT2D eigenvalue weighted by Crippen LogP contribution is -2.34. The van der Waals surface area contributed by atoms with Gasteiger partial charge >= 0.3 is 0 Å². The second-order valence-corrected chi connectivity index (χ2v) is 10.9. The van der Waals surface area contributed by atoms with Crippen LogP contribution in [0.1, 0.15) is 80.1 Å². The lowest BCUT2D eigenvalue weighted by Gasteiger charge is -2.32. The van der Waals surface area contributed by atoms with E-state index in [1.54, 1.807) is 0 Å². The van der Waals surface area contributed by atoms with Crippen LogP contribution in [0.2, 0.25) is 0 Å². The molecule has 0 unspecified atom stereocenters. The standard InChI is InChI=1S/C22H34O2/c1-19(2)15-9-11-21(19,5)17(23)13(15)7-8-14-16-10-12-22(6,18(14)24)20(16,3)4/h13-16H,7-12H2,1-6H3/t13-,14-,15-,16+,21-,22+/m1/s1. The monoisotopic (exact) mass is 330 g/mol. The predicted octanol–water partition coefficient (Wildman–Crippen LogP) is 5.05. The number of Topliss-reactive ketones (excluding diaryl/α,β-unsaturated/α-hetero) is 2. The summed E-state index contributed by atoms with van der Waals surface area (Å²) in [6.07, 6.45) is 6.42. The van der Waals surface area contributed by atoms with Crippen molar-refractivity contribution in [2.75, 3.05) is 0 Å². The Morgan fingerprint density at radius 2 is 1.04 bits per heavy atom. The van der Waals surface area contributed by atoms with E-state index in [0.29, 0.717) is 23.4 Å². The molecule has 24 heavy (non-hydrogen) atoms. The third-order valence-electron chi connectivity index (χ3n) is 10.1. The lowest BCUT2D eigenvalue weighted by molar-refractivity contribution is -0.134. The van der Waals surface area contributed by atoms with E-state index >= 15 is 0 Å². The summed E-state index contributed by atoms with van der Waals surface area (Å²) in [4.78, 5) is 26.1. The van der Waals surface area contributed by atoms with E-state index in [-0.39, 0.29) is 33.5 Å². The molecule has 4 rings (SSSR count). The van der Waals surface area contributed by atoms with Crippen molar-refractivity contribution < 1.29 is 9.59 Å². The van der Waals surface area contributed by atoms with Crippen molar-refractivity contribution >= 4 is 11.6 Å². The maximum absolute atomic E-state index is 13.1. The second-order valence-electron chi connectivity index (χ2n) is 10.9. The van der Waals surface area contributed by atoms with Crippen molar-refractivity contribution in [1.29, 1.82) is 0 Å². The maximum atomic E-state index is 13.1. The number of hydrogen-bond donors (Lipinski definition) is 0. The number of carbonyl (C=O) groups is 2. The van der Waals surface area contributed by atoms with E-state index in [1.807, 2.05) is 0 Å². The second kappa shape index (κ2) is 4.54. The molecule has 134 valence electrons. The minimum Gasteiger partial charge on any atom is -0.299 e. The van der Waals surface area contributed by atoms with Gasteiger partial charge in [-0.15, -0.1) is 0 Å². The van der Waals surface area contributed by atoms with Crippen molar-refractivity contribution in [1.82, 2.24) is 0 Å². The summed E-state index contributed by atoms with van der Waals surface area (Å²) >= 11 is 0. The summed E-state index contributed by atoms with van der Waals surface area (Å²) in [6, 6.07) is 0. The smallest absolute Gasteiger partial charge is 0.142 e. The Morgan fingerprint density at radius 3 is 1.29 bits per heavy atom. The fourth-order valence-electron chi connectivity index (χ4n) is 7.57. The van der Waals surface area contributed by atoms with Gasteiger partial charge in [0.1, 0.15) is 11.6 Å². The molecule has 2 heteroatoms. The highest BCUT2D eigenvalue weighted by Crippen LogP contribution is 2.69. The third kappa shape index (κ3) is 1.60. The fourth-order valence-corrected chi connectivity index (χ4v) is 7.57. The lowest BCUT2D eigenvalue weighted by atomic mass is 9.70. The summed E-state index contributed by atoms with van der Waals surface area (Å²) < 4.78 is 0. The summed E-state index contributed by atoms with van der Waals surface area (Å²) in [5.41, 5.74) is 0.0376. The van der Waals surface area contributed by atoms with Crippen LogP contribution in [0.25, 0.3) is 0 Å². The predicted molar refractivity (Wildman–Crippen MR) is 95.5 cm³/mol. The molecule has 4 fully saturated rings. The molecule has 0 aromatic rings. The van der Waals surface area contributed by atoms with Gasteiger partial charge in [-0.1, -0.05) is 41.5 Å². The number of carbonyl (C=O) groups excluding carboxylic acids is 2. The first kappa shape index (κ1) is 16.8. The summed E-state index contributed by atoms with van der Waals surface area (Å²) in [6.45, 7) is 13.6. The van der Waals surface area contributed by atoms with Gasteiger partial charge in [0.25, 0.3) is 0 Å². The van der Waals surface area contributed by atoms with E-state index in [0.717, 1.165) is 25.7 Å². The SMILES string of the molecule is CC1(C)[C@H]2CC[C@@]1(C)C(=O)[C@@H]2CC[C@H]1C(=O)[C@@]2(C)CC[C@H]1C2(C)C. The molecule has 0 radical (unpaired) electrons. The van der Waals surface area contributed by atoms with Gasteiger partial charge in [-0.25, -0.2) is 0 Å². The Balaban J connectivity index is 1.52. The number of hydrogen-bond acceptors (Lipinski definition) is 2. The van der Waals surface area contributed by atoms with Gasteiger partial charge in [-0.2, -0.15) is 0 Å². The van der Waals surface area contributed by atoms with Gasteiger partial charge < -0.3 is 0 Å². The molecular weight excluding hydrogens is 296 g/mol. The summed E-state index contributed by atoms with van der Waals surface area (Å²) in [7, 11) is 0. The molecule has 0 N–H and O–H groups in total. The van der Waals surface area contributed by atoms with Gasteiger partial charge in [-0.3, -0.25) is 9.59 Å². The molecule has 4 aliphatic rings. The van der Waals surface area contributed by atoms with Gasteiger partial charge in [0.05, 0.1) is 0 Å². The number of ketones is 2. The first-order valence-electron chi connectivity index (χ1n) is 10.1. The highest BCUT2D eigenvalue weighted by molar-refractivity contribution is 5.93. The van der Waals surface area contributed by atoms with E-state index in [2.05, 4.69) is 41.5 Å². The number of rotatable bonds is 3. The van der Waals surface area contributed by atoms with Crippen LogP contribution in [0.5, 0.6) is 0 Å². The first-order chi connectivity index (χ1) is 11.0. The molecule has 0 saturated heterocycles. The van der Waals surface area contributed by atoms with Gasteiger partial charge in [0, 0.05) is 22.7 Å². The molecule has 0 spiro atoms. The minimum atomic E-state index is -0.119. The highest BCUT2D eigenvalue weighted by atomic mass is 16.1. The van der Waals surface area contributed by atoms with Crippen molar-refractivity contribution in [3.63, 3.8) is 0 Å². The number of fused-ring (bicyclic) bond motifs is 4. The molecule has 2 nitrogen and oxygen atoms in total. The van der Waals surface area contributed by atoms with Gasteiger partial charge in [0.15, 0.2) is 0 Å². The molecule has 4 bridgehead atoms. The minimum absolute atomic E-state index is 0.119. The zero-order valence-corrected chi connectivity index (χ0v) is 16.4. The van der Waals surface area contributed by atoms with E-state index in [1.165, 1.54) is 12.8 Å². The molecule has 0 aromatic carbocycles. The topological polar surface area (TPSA) is 34.1 Å². The molecule has 6 atom stereocenters. The maximum Gasteiger partial charge on any atom is 0.142 e. The van der Waals surface area contributed by atoms with Crippen LogP contribution in [-0.2, 0) is 9.59 Å². The normalized spacial score (nSPS) is 50.9. The van der Waals surface area contributed by atoms with Crippen molar-refractivity contribution in [3.05, 3.63) is 0 Å². The summed E-state index contributed by atoms with van der Waals surface area (Å²) in [5, 5.41) is 0. The van der Waals surface area contributed by atoms with Crippen LogP contribution in [0.15, 0.2) is 0 Å². The average Bonchev–Trinajstić information content (AvgIpc) is 2.97. The van der Waals surface area contributed by atoms with E-state index < -0.39 is 0 Å². The summed E-state index contributed by atoms with van der Waals surface area (Å²) in [5.74, 6) is 2.50. The highest BCUT2D eigenvalue weighted by Gasteiger charge is 2.68. The molecule has 4 aliphatic carbocycles. The van der Waals surface area contributed by atoms with Gasteiger partial charge in [0.2, 0.25) is 0 Å². The van der Waals surface area contributed by atoms with Crippen molar-refractivity contribution in [2.24, 2.45) is 45.3 Å². The van der Waals surface area contributed by atoms with Gasteiger partial charge in [-0.05, 0) is 61.2 Å². The molecule has 0 aromatic heterocycles. The average molecular weight is 331 g/mol. The molecule has 0 amide bonds. The van der Waals surface area contributed by atoms with Crippen molar-refractivity contribution in [2.45, 2.75) is 80.1 Å². The largest absolute Gasteiger partial charge is 0.299 e. The molecule has 0 aliphatic heterocycles. The van der Waals surface area contributed by atoms with E-state index in [9.17, 15) is 9.59 Å². The molecule has 4 saturated carbocycles. The van der Waals surface area contributed by atoms with E-state index in [4.69, 9.17) is 0 Å². The van der Waals surface area contributed by atoms with Crippen LogP contribution >= 0.6 is 0 Å². The Morgan fingerprint density at radius 1 is 0.708 bits per heavy atom. The Kier molecular flexibility index (Phi) is 3.18. The first-order valence-corrected chi connectivity index (χ1v) is 10.1. The Bertz CT molecular complexity index is 561.